The number of hydrogen-bond acceptors (Lipinski definition) is 2. The van der Waals surface area contributed by atoms with Crippen LogP contribution < -0.4 is 0 Å². The lowest BCUT2D eigenvalue weighted by Crippen LogP contribution is -2.38. The Bertz CT molecular complexity index is 649. The van der Waals surface area contributed by atoms with Crippen LogP contribution in [-0.4, -0.2) is 33.2 Å². The van der Waals surface area contributed by atoms with E-state index in [4.69, 9.17) is 0 Å². The van der Waals surface area contributed by atoms with Crippen molar-refractivity contribution < 1.29 is 18.0 Å². The third kappa shape index (κ3) is 2.85. The molecule has 2 unspecified atom stereocenters. The van der Waals surface area contributed by atoms with E-state index in [1.165, 1.54) is 13.2 Å². The molecule has 1 saturated carbocycles. The molecule has 1 aliphatic carbocycles. The molecule has 128 valence electrons. The minimum atomic E-state index is -4.62. The Kier molecular flexibility index (Phi) is 3.36. The number of hydrogen-bond donors (Lipinski definition) is 0. The SMILES string of the molecule is Cn1cc(C(=O)N2CC3(C)CC2CC(C)(C)C3)c(C(F)(F)F)n1. The second kappa shape index (κ2) is 4.74. The maximum Gasteiger partial charge on any atom is 0.435 e. The number of carbonyl (C=O) groups is 1. The first-order valence-corrected chi connectivity index (χ1v) is 7.82. The average Bonchev–Trinajstić information content (AvgIpc) is 2.85. The van der Waals surface area contributed by atoms with E-state index < -0.39 is 17.8 Å². The van der Waals surface area contributed by atoms with Gasteiger partial charge in [-0.3, -0.25) is 9.48 Å². The van der Waals surface area contributed by atoms with Crippen LogP contribution in [0.3, 0.4) is 0 Å². The van der Waals surface area contributed by atoms with E-state index >= 15 is 0 Å². The summed E-state index contributed by atoms with van der Waals surface area (Å²) < 4.78 is 40.4. The Morgan fingerprint density at radius 1 is 1.30 bits per heavy atom. The Morgan fingerprint density at radius 2 is 1.96 bits per heavy atom. The van der Waals surface area contributed by atoms with Crippen molar-refractivity contribution in [2.24, 2.45) is 17.9 Å². The molecule has 1 saturated heterocycles. The lowest BCUT2D eigenvalue weighted by Gasteiger charge is -2.39. The first-order valence-electron chi connectivity index (χ1n) is 7.82. The van der Waals surface area contributed by atoms with E-state index in [0.717, 1.165) is 23.9 Å². The van der Waals surface area contributed by atoms with Gasteiger partial charge in [0.25, 0.3) is 5.91 Å². The quantitative estimate of drug-likeness (QED) is 0.791. The van der Waals surface area contributed by atoms with Crippen molar-refractivity contribution in [3.63, 3.8) is 0 Å². The predicted octanol–water partition coefficient (Wildman–Crippen LogP) is 3.48. The average molecular weight is 329 g/mol. The van der Waals surface area contributed by atoms with Crippen molar-refractivity contribution in [1.82, 2.24) is 14.7 Å². The summed E-state index contributed by atoms with van der Waals surface area (Å²) >= 11 is 0. The lowest BCUT2D eigenvalue weighted by molar-refractivity contribution is -0.141. The molecule has 1 aromatic heterocycles. The molecular weight excluding hydrogens is 307 g/mol. The van der Waals surface area contributed by atoms with E-state index in [2.05, 4.69) is 25.9 Å². The van der Waals surface area contributed by atoms with Crippen LogP contribution in [0.2, 0.25) is 0 Å². The monoisotopic (exact) mass is 329 g/mol. The first-order chi connectivity index (χ1) is 10.4. The minimum absolute atomic E-state index is 0.0112. The zero-order valence-corrected chi connectivity index (χ0v) is 13.9. The molecule has 1 aliphatic heterocycles. The highest BCUT2D eigenvalue weighted by Crippen LogP contribution is 2.52. The van der Waals surface area contributed by atoms with Crippen LogP contribution in [-0.2, 0) is 13.2 Å². The number of fused-ring (bicyclic) bond motifs is 2. The van der Waals surface area contributed by atoms with E-state index in [0.29, 0.717) is 6.54 Å². The maximum absolute atomic E-state index is 13.1. The van der Waals surface area contributed by atoms with Crippen molar-refractivity contribution in [2.75, 3.05) is 6.54 Å². The molecule has 2 aliphatic rings. The molecule has 0 N–H and O–H groups in total. The summed E-state index contributed by atoms with van der Waals surface area (Å²) in [4.78, 5) is 14.4. The molecule has 1 aromatic rings. The summed E-state index contributed by atoms with van der Waals surface area (Å²) in [6.45, 7) is 6.97. The summed E-state index contributed by atoms with van der Waals surface area (Å²) in [6, 6.07) is 0.0116. The molecule has 2 bridgehead atoms. The number of alkyl halides is 3. The number of carbonyl (C=O) groups excluding carboxylic acids is 1. The van der Waals surface area contributed by atoms with Gasteiger partial charge in [0.2, 0.25) is 0 Å². The number of likely N-dealkylation sites (tertiary alicyclic amines) is 1. The standard InChI is InChI=1S/C16H22F3N3O/c1-14(2)5-10-6-15(3,8-14)9-22(10)13(23)11-7-21(4)20-12(11)16(17,18)19/h7,10H,5-6,8-9H2,1-4H3. The van der Waals surface area contributed by atoms with Crippen LogP contribution in [0.5, 0.6) is 0 Å². The van der Waals surface area contributed by atoms with Gasteiger partial charge in [-0.15, -0.1) is 0 Å². The fraction of sp³-hybridized carbons (Fsp3) is 0.750. The van der Waals surface area contributed by atoms with Crippen molar-refractivity contribution in [3.8, 4) is 0 Å². The van der Waals surface area contributed by atoms with Crippen LogP contribution in [0.1, 0.15) is 56.1 Å². The van der Waals surface area contributed by atoms with Gasteiger partial charge in [-0.1, -0.05) is 20.8 Å². The number of rotatable bonds is 1. The molecule has 4 nitrogen and oxygen atoms in total. The van der Waals surface area contributed by atoms with Crippen LogP contribution in [0.15, 0.2) is 6.20 Å². The number of amides is 1. The van der Waals surface area contributed by atoms with Gasteiger partial charge in [-0.05, 0) is 30.1 Å². The molecule has 0 aromatic carbocycles. The minimum Gasteiger partial charge on any atom is -0.335 e. The summed E-state index contributed by atoms with van der Waals surface area (Å²) in [5, 5.41) is 3.45. The van der Waals surface area contributed by atoms with E-state index in [1.807, 2.05) is 0 Å². The van der Waals surface area contributed by atoms with E-state index in [9.17, 15) is 18.0 Å². The molecule has 2 fully saturated rings. The van der Waals surface area contributed by atoms with Gasteiger partial charge < -0.3 is 4.90 Å². The number of nitrogens with zero attached hydrogens (tertiary/aromatic N) is 3. The lowest BCUT2D eigenvalue weighted by atomic mass is 9.65. The Hall–Kier alpha value is -1.53. The molecule has 7 heteroatoms. The molecule has 0 spiro atoms. The Labute approximate surface area is 133 Å². The summed E-state index contributed by atoms with van der Waals surface area (Å²) in [6.07, 6.45) is -0.760. The van der Waals surface area contributed by atoms with E-state index in [-0.39, 0.29) is 22.4 Å². The number of halogens is 3. The first kappa shape index (κ1) is 16.3. The summed E-state index contributed by atoms with van der Waals surface area (Å²) in [5.74, 6) is -0.545. The van der Waals surface area contributed by atoms with Gasteiger partial charge in [0.05, 0.1) is 5.56 Å². The van der Waals surface area contributed by atoms with Crippen molar-refractivity contribution in [1.29, 1.82) is 0 Å². The van der Waals surface area contributed by atoms with Gasteiger partial charge in [0.15, 0.2) is 5.69 Å². The maximum atomic E-state index is 13.1. The largest absolute Gasteiger partial charge is 0.435 e. The van der Waals surface area contributed by atoms with Crippen molar-refractivity contribution in [3.05, 3.63) is 17.5 Å². The van der Waals surface area contributed by atoms with Crippen molar-refractivity contribution >= 4 is 5.91 Å². The summed E-state index contributed by atoms with van der Waals surface area (Å²) in [7, 11) is 1.40. The Morgan fingerprint density at radius 3 is 2.57 bits per heavy atom. The second-order valence-corrected chi connectivity index (χ2v) is 8.21. The third-order valence-corrected chi connectivity index (χ3v) is 5.00. The number of aromatic nitrogens is 2. The van der Waals surface area contributed by atoms with Crippen molar-refractivity contribution in [2.45, 2.75) is 52.3 Å². The molecule has 0 radical (unpaired) electrons. The van der Waals surface area contributed by atoms with Crippen LogP contribution in [0, 0.1) is 10.8 Å². The van der Waals surface area contributed by atoms with Gasteiger partial charge in [-0.25, -0.2) is 0 Å². The van der Waals surface area contributed by atoms with Crippen LogP contribution in [0.4, 0.5) is 13.2 Å². The van der Waals surface area contributed by atoms with Gasteiger partial charge in [0, 0.05) is 25.8 Å². The van der Waals surface area contributed by atoms with Gasteiger partial charge >= 0.3 is 6.18 Å². The van der Waals surface area contributed by atoms with Crippen LogP contribution in [0.25, 0.3) is 0 Å². The molecule has 2 atom stereocenters. The summed E-state index contributed by atoms with van der Waals surface area (Å²) in [5.41, 5.74) is -1.33. The second-order valence-electron chi connectivity index (χ2n) is 8.21. The van der Waals surface area contributed by atoms with E-state index in [1.54, 1.807) is 4.90 Å². The van der Waals surface area contributed by atoms with Gasteiger partial charge in [0.1, 0.15) is 0 Å². The van der Waals surface area contributed by atoms with Crippen LogP contribution >= 0.6 is 0 Å². The molecule has 2 heterocycles. The fourth-order valence-electron chi connectivity index (χ4n) is 4.71. The third-order valence-electron chi connectivity index (χ3n) is 5.00. The normalized spacial score (nSPS) is 29.9. The highest BCUT2D eigenvalue weighted by molar-refractivity contribution is 5.95. The molecule has 23 heavy (non-hydrogen) atoms. The highest BCUT2D eigenvalue weighted by atomic mass is 19.4. The highest BCUT2D eigenvalue weighted by Gasteiger charge is 2.52. The zero-order chi connectivity index (χ0) is 17.2. The smallest absolute Gasteiger partial charge is 0.335 e. The Balaban J connectivity index is 1.94. The molecule has 3 rings (SSSR count). The molecular formula is C16H22F3N3O. The predicted molar refractivity (Wildman–Crippen MR) is 78.8 cm³/mol. The topological polar surface area (TPSA) is 38.1 Å². The van der Waals surface area contributed by atoms with Gasteiger partial charge in [-0.2, -0.15) is 18.3 Å². The fourth-order valence-corrected chi connectivity index (χ4v) is 4.71. The zero-order valence-electron chi connectivity index (χ0n) is 13.9. The molecule has 1 amide bonds. The number of aryl methyl sites for hydroxylation is 1.